The van der Waals surface area contributed by atoms with E-state index in [0.717, 1.165) is 17.3 Å². The molecule has 0 saturated heterocycles. The lowest BCUT2D eigenvalue weighted by Crippen LogP contribution is -2.38. The second kappa shape index (κ2) is 16.9. The number of para-hydroxylation sites is 1. The van der Waals surface area contributed by atoms with E-state index in [1.165, 1.54) is 65.8 Å². The highest BCUT2D eigenvalue weighted by molar-refractivity contribution is 7.98. The summed E-state index contributed by atoms with van der Waals surface area (Å²) in [6.45, 7) is 2.99. The van der Waals surface area contributed by atoms with Crippen molar-refractivity contribution in [3.63, 3.8) is 0 Å². The zero-order chi connectivity index (χ0) is 40.1. The molecule has 15 nitrogen and oxygen atoms in total. The zero-order valence-corrected chi connectivity index (χ0v) is 32.5. The molecule has 1 aliphatic rings. The third kappa shape index (κ3) is 8.97. The standard InChI is InChI=1S/C37H31Cl2N7O8S2/c1-21-8-12-26(13-9-21)56(52,53)22(2)35(48)41-30-19-32(47)27(36(49)40-24-11-14-28(38)29(39)17-24)18-34(30)54-33-15-10-23(16-31(33)46(50)51)20-55-37-42-43-44-45(37)25-6-4-3-5-7-25/h3-17,19,22,40,47,49H,18,20H2,1-2H3,(H,41,48). The number of benzene rings is 4. The van der Waals surface area contributed by atoms with E-state index in [1.54, 1.807) is 25.1 Å². The normalized spacial score (nSPS) is 14.5. The molecule has 1 amide bonds. The Morgan fingerprint density at radius 3 is 2.46 bits per heavy atom. The van der Waals surface area contributed by atoms with Crippen LogP contribution in [0, 0.1) is 17.0 Å². The summed E-state index contributed by atoms with van der Waals surface area (Å²) in [7, 11) is -4.17. The van der Waals surface area contributed by atoms with Gasteiger partial charge in [0.1, 0.15) is 16.8 Å². The van der Waals surface area contributed by atoms with Crippen molar-refractivity contribution in [1.82, 2.24) is 25.5 Å². The first-order valence-electron chi connectivity index (χ1n) is 16.5. The molecule has 0 saturated carbocycles. The van der Waals surface area contributed by atoms with Crippen molar-refractivity contribution >= 4 is 62.1 Å². The topological polar surface area (TPSA) is 212 Å². The second-order valence-corrected chi connectivity index (χ2v) is 16.3. The molecule has 1 heterocycles. The van der Waals surface area contributed by atoms with Gasteiger partial charge in [-0.15, -0.1) is 5.10 Å². The average molecular weight is 837 g/mol. The van der Waals surface area contributed by atoms with Gasteiger partial charge in [0, 0.05) is 30.0 Å². The molecule has 0 fully saturated rings. The highest BCUT2D eigenvalue weighted by Gasteiger charge is 2.33. The van der Waals surface area contributed by atoms with Crippen LogP contribution in [0.2, 0.25) is 10.0 Å². The van der Waals surface area contributed by atoms with Gasteiger partial charge < -0.3 is 25.6 Å². The first-order valence-corrected chi connectivity index (χ1v) is 19.8. The van der Waals surface area contributed by atoms with Crippen molar-refractivity contribution in [3.8, 4) is 11.4 Å². The summed E-state index contributed by atoms with van der Waals surface area (Å²) >= 11 is 13.4. The first-order chi connectivity index (χ1) is 26.7. The molecular formula is C37H31Cl2N7O8S2. The number of hydrogen-bond acceptors (Lipinski definition) is 13. The number of nitro groups is 1. The van der Waals surface area contributed by atoms with Crippen LogP contribution in [0.5, 0.6) is 5.75 Å². The van der Waals surface area contributed by atoms with Crippen molar-refractivity contribution in [2.75, 3.05) is 5.32 Å². The fourth-order valence-corrected chi connectivity index (χ4v) is 7.70. The van der Waals surface area contributed by atoms with Crippen LogP contribution < -0.4 is 15.4 Å². The number of rotatable bonds is 13. The number of thioether (sulfide) groups is 1. The summed E-state index contributed by atoms with van der Waals surface area (Å²) in [6, 6.07) is 23.9. The summed E-state index contributed by atoms with van der Waals surface area (Å²) in [6.07, 6.45) is 0.617. The molecule has 1 atom stereocenters. The number of halogens is 2. The summed E-state index contributed by atoms with van der Waals surface area (Å²) in [4.78, 5) is 25.2. The number of aliphatic hydroxyl groups is 2. The molecular weight excluding hydrogens is 805 g/mol. The molecule has 1 unspecified atom stereocenters. The molecule has 0 bridgehead atoms. The zero-order valence-electron chi connectivity index (χ0n) is 29.4. The Balaban J connectivity index is 1.31. The lowest BCUT2D eigenvalue weighted by molar-refractivity contribution is -0.385. The first kappa shape index (κ1) is 39.8. The van der Waals surface area contributed by atoms with Gasteiger partial charge in [0.25, 0.3) is 0 Å². The van der Waals surface area contributed by atoms with Gasteiger partial charge in [-0.25, -0.2) is 8.42 Å². The van der Waals surface area contributed by atoms with E-state index < -0.39 is 49.7 Å². The monoisotopic (exact) mass is 835 g/mol. The number of aryl methyl sites for hydroxylation is 1. The molecule has 19 heteroatoms. The number of amides is 1. The Bertz CT molecular complexity index is 2530. The molecule has 1 aliphatic carbocycles. The number of allylic oxidation sites excluding steroid dienone is 3. The Hall–Kier alpha value is -5.88. The minimum atomic E-state index is -4.17. The Morgan fingerprint density at radius 1 is 1.04 bits per heavy atom. The van der Waals surface area contributed by atoms with Crippen molar-refractivity contribution < 1.29 is 33.1 Å². The number of ether oxygens (including phenoxy) is 1. The van der Waals surface area contributed by atoms with E-state index in [4.69, 9.17) is 27.9 Å². The summed E-state index contributed by atoms with van der Waals surface area (Å²) in [5, 5.41) is 50.9. The van der Waals surface area contributed by atoms with Gasteiger partial charge in [-0.1, -0.05) is 76.9 Å². The molecule has 0 spiro atoms. The summed E-state index contributed by atoms with van der Waals surface area (Å²) in [5.74, 6) is -2.21. The number of carbonyl (C=O) groups is 1. The number of nitrogens with one attached hydrogen (secondary N) is 2. The smallest absolute Gasteiger partial charge is 0.311 e. The number of aliphatic hydroxyl groups excluding tert-OH is 2. The van der Waals surface area contributed by atoms with Gasteiger partial charge in [0.2, 0.25) is 16.8 Å². The Labute approximate surface area is 334 Å². The number of nitro benzene ring substituents is 1. The third-order valence-electron chi connectivity index (χ3n) is 8.40. The molecule has 0 aliphatic heterocycles. The maximum atomic E-state index is 13.5. The van der Waals surface area contributed by atoms with Crippen LogP contribution in [-0.2, 0) is 20.4 Å². The molecule has 4 aromatic carbocycles. The van der Waals surface area contributed by atoms with Gasteiger partial charge in [-0.05, 0) is 78.4 Å². The number of sulfone groups is 1. The van der Waals surface area contributed by atoms with Crippen LogP contribution in [0.25, 0.3) is 5.69 Å². The minimum absolute atomic E-state index is 0.0767. The molecule has 4 N–H and O–H groups in total. The van der Waals surface area contributed by atoms with E-state index in [2.05, 4.69) is 26.2 Å². The largest absolute Gasteiger partial charge is 0.507 e. The molecule has 5 aromatic rings. The Morgan fingerprint density at radius 2 is 1.77 bits per heavy atom. The van der Waals surface area contributed by atoms with Crippen molar-refractivity contribution in [3.05, 3.63) is 157 Å². The van der Waals surface area contributed by atoms with Crippen LogP contribution in [-0.4, -0.2) is 54.9 Å². The van der Waals surface area contributed by atoms with Gasteiger partial charge in [-0.2, -0.15) is 4.68 Å². The number of hydrogen-bond donors (Lipinski definition) is 4. The highest BCUT2D eigenvalue weighted by atomic mass is 35.5. The maximum Gasteiger partial charge on any atom is 0.311 e. The van der Waals surface area contributed by atoms with E-state index in [9.17, 15) is 33.5 Å². The summed E-state index contributed by atoms with van der Waals surface area (Å²) in [5.41, 5.74) is 1.61. The quantitative estimate of drug-likeness (QED) is 0.0387. The lowest BCUT2D eigenvalue weighted by Gasteiger charge is -2.23. The van der Waals surface area contributed by atoms with Crippen LogP contribution in [0.1, 0.15) is 24.5 Å². The van der Waals surface area contributed by atoms with Gasteiger partial charge >= 0.3 is 5.69 Å². The molecule has 0 radical (unpaired) electrons. The molecule has 288 valence electrons. The van der Waals surface area contributed by atoms with Crippen LogP contribution in [0.3, 0.4) is 0 Å². The fourth-order valence-electron chi connectivity index (χ4n) is 5.31. The van der Waals surface area contributed by atoms with Crippen molar-refractivity contribution in [2.24, 2.45) is 0 Å². The average Bonchev–Trinajstić information content (AvgIpc) is 3.65. The second-order valence-electron chi connectivity index (χ2n) is 12.3. The van der Waals surface area contributed by atoms with Gasteiger partial charge in [0.15, 0.2) is 15.7 Å². The molecule has 1 aromatic heterocycles. The third-order valence-corrected chi connectivity index (χ3v) is 12.2. The minimum Gasteiger partial charge on any atom is -0.507 e. The van der Waals surface area contributed by atoms with Gasteiger partial charge in [-0.3, -0.25) is 14.9 Å². The highest BCUT2D eigenvalue weighted by Crippen LogP contribution is 2.37. The van der Waals surface area contributed by atoms with E-state index in [1.807, 2.05) is 30.3 Å². The fraction of sp³-hybridized carbons (Fsp3) is 0.135. The number of aromatic nitrogens is 4. The van der Waals surface area contributed by atoms with Crippen LogP contribution in [0.15, 0.2) is 136 Å². The number of anilines is 1. The predicted octanol–water partition coefficient (Wildman–Crippen LogP) is 7.77. The number of carbonyl (C=O) groups excluding carboxylic acids is 1. The number of nitrogens with zero attached hydrogens (tertiary/aromatic N) is 5. The van der Waals surface area contributed by atoms with Crippen molar-refractivity contribution in [1.29, 1.82) is 0 Å². The van der Waals surface area contributed by atoms with E-state index in [-0.39, 0.29) is 43.5 Å². The van der Waals surface area contributed by atoms with E-state index in [0.29, 0.717) is 16.4 Å². The van der Waals surface area contributed by atoms with E-state index >= 15 is 0 Å². The maximum absolute atomic E-state index is 13.5. The van der Waals surface area contributed by atoms with Crippen molar-refractivity contribution in [2.45, 2.75) is 41.3 Å². The molecule has 56 heavy (non-hydrogen) atoms. The number of tetrazole rings is 1. The molecule has 6 rings (SSSR count). The van der Waals surface area contributed by atoms with Crippen LogP contribution in [0.4, 0.5) is 11.4 Å². The Kier molecular flexibility index (Phi) is 12.0. The lowest BCUT2D eigenvalue weighted by atomic mass is 10.0. The van der Waals surface area contributed by atoms with Gasteiger partial charge in [0.05, 0.1) is 36.8 Å². The van der Waals surface area contributed by atoms with Crippen LogP contribution >= 0.6 is 35.0 Å². The predicted molar refractivity (Wildman–Crippen MR) is 211 cm³/mol. The summed E-state index contributed by atoms with van der Waals surface area (Å²) < 4.78 is 34.4. The SMILES string of the molecule is Cc1ccc(S(=O)(=O)C(C)C(=O)NC2=C(Oc3ccc(CSc4nnnn4-c4ccccc4)cc3[N+](=O)[O-])CC(=C(O)Nc3ccc(Cl)c(Cl)c3)C(O)=C2)cc1.